The molecule has 0 saturated carbocycles. The molecule has 6 heteroatoms. The number of oxazole rings is 1. The van der Waals surface area contributed by atoms with Gasteiger partial charge in [0, 0.05) is 6.07 Å². The van der Waals surface area contributed by atoms with Crippen molar-refractivity contribution in [2.45, 2.75) is 0 Å². The summed E-state index contributed by atoms with van der Waals surface area (Å²) in [5, 5.41) is 0. The van der Waals surface area contributed by atoms with Gasteiger partial charge in [-0.15, -0.1) is 0 Å². The van der Waals surface area contributed by atoms with Gasteiger partial charge in [0.1, 0.15) is 5.75 Å². The lowest BCUT2D eigenvalue weighted by Crippen LogP contribution is -2.06. The first-order valence-electron chi connectivity index (χ1n) is 4.08. The number of nitrogens with one attached hydrogen (secondary N) is 1. The lowest BCUT2D eigenvalue weighted by Gasteiger charge is -2.00. The fourth-order valence-electron chi connectivity index (χ4n) is 1.13. The topological polar surface area (TPSA) is 81.5 Å². The number of hydrogen-bond acceptors (Lipinski definition) is 5. The third-order valence-corrected chi connectivity index (χ3v) is 1.76. The van der Waals surface area contributed by atoms with Crippen molar-refractivity contribution in [1.82, 2.24) is 4.98 Å². The maximum Gasteiger partial charge on any atom is 0.513 e. The second-order valence-corrected chi connectivity index (χ2v) is 2.73. The Morgan fingerprint density at radius 1 is 1.47 bits per heavy atom. The molecule has 0 unspecified atom stereocenters. The van der Waals surface area contributed by atoms with Crippen molar-refractivity contribution in [3.05, 3.63) is 28.7 Å². The van der Waals surface area contributed by atoms with Crippen LogP contribution in [0.25, 0.3) is 11.1 Å². The number of H-pyrrole nitrogens is 1. The maximum absolute atomic E-state index is 10.8. The molecule has 0 amide bonds. The van der Waals surface area contributed by atoms with E-state index < -0.39 is 11.9 Å². The van der Waals surface area contributed by atoms with E-state index in [2.05, 4.69) is 9.72 Å². The molecule has 1 aromatic heterocycles. The second-order valence-electron chi connectivity index (χ2n) is 2.73. The lowest BCUT2D eigenvalue weighted by molar-refractivity contribution is 0.121. The first-order valence-corrected chi connectivity index (χ1v) is 4.08. The normalized spacial score (nSPS) is 10.2. The van der Waals surface area contributed by atoms with E-state index >= 15 is 0 Å². The Morgan fingerprint density at radius 2 is 2.27 bits per heavy atom. The Hall–Kier alpha value is -2.24. The minimum Gasteiger partial charge on any atom is -0.437 e. The Bertz CT molecular complexity index is 553. The molecule has 1 aromatic carbocycles. The van der Waals surface area contributed by atoms with Crippen LogP contribution in [0.1, 0.15) is 0 Å². The Kier molecular flexibility index (Phi) is 2.17. The Balaban J connectivity index is 2.38. The van der Waals surface area contributed by atoms with E-state index in [1.165, 1.54) is 19.2 Å². The van der Waals surface area contributed by atoms with Crippen molar-refractivity contribution in [2.24, 2.45) is 0 Å². The van der Waals surface area contributed by atoms with Gasteiger partial charge in [0.05, 0.1) is 12.6 Å². The second kappa shape index (κ2) is 3.49. The smallest absolute Gasteiger partial charge is 0.437 e. The van der Waals surface area contributed by atoms with Gasteiger partial charge in [0.15, 0.2) is 5.58 Å². The highest BCUT2D eigenvalue weighted by Gasteiger charge is 2.06. The number of carbonyl (C=O) groups excluding carboxylic acids is 1. The summed E-state index contributed by atoms with van der Waals surface area (Å²) < 4.78 is 13.8. The van der Waals surface area contributed by atoms with Gasteiger partial charge < -0.3 is 13.9 Å². The van der Waals surface area contributed by atoms with Gasteiger partial charge in [0.2, 0.25) is 0 Å². The molecule has 0 fully saturated rings. The fourth-order valence-corrected chi connectivity index (χ4v) is 1.13. The van der Waals surface area contributed by atoms with E-state index in [1.807, 2.05) is 0 Å². The zero-order chi connectivity index (χ0) is 10.8. The van der Waals surface area contributed by atoms with Gasteiger partial charge in [-0.25, -0.2) is 9.59 Å². The van der Waals surface area contributed by atoms with Crippen molar-refractivity contribution in [3.63, 3.8) is 0 Å². The molecule has 0 aliphatic carbocycles. The quantitative estimate of drug-likeness (QED) is 0.564. The molecular weight excluding hydrogens is 202 g/mol. The highest BCUT2D eigenvalue weighted by molar-refractivity contribution is 5.75. The van der Waals surface area contributed by atoms with Crippen LogP contribution in [0.4, 0.5) is 4.79 Å². The molecule has 15 heavy (non-hydrogen) atoms. The number of carbonyl (C=O) groups is 1. The summed E-state index contributed by atoms with van der Waals surface area (Å²) in [4.78, 5) is 24.1. The predicted octanol–water partition coefficient (Wildman–Crippen LogP) is 1.27. The zero-order valence-corrected chi connectivity index (χ0v) is 7.77. The molecule has 2 aromatic rings. The van der Waals surface area contributed by atoms with Crippen molar-refractivity contribution >= 4 is 17.3 Å². The number of ether oxygens (including phenoxy) is 2. The summed E-state index contributed by atoms with van der Waals surface area (Å²) in [6.45, 7) is 0. The van der Waals surface area contributed by atoms with Crippen LogP contribution in [-0.4, -0.2) is 18.2 Å². The molecule has 0 aliphatic rings. The van der Waals surface area contributed by atoms with Gasteiger partial charge in [-0.3, -0.25) is 4.98 Å². The average Bonchev–Trinajstić information content (AvgIpc) is 2.57. The van der Waals surface area contributed by atoms with Crippen LogP contribution in [0.3, 0.4) is 0 Å². The molecule has 0 radical (unpaired) electrons. The predicted molar refractivity (Wildman–Crippen MR) is 49.9 cm³/mol. The molecule has 1 heterocycles. The minimum atomic E-state index is -0.827. The number of fused-ring (bicyclic) bond motifs is 1. The highest BCUT2D eigenvalue weighted by Crippen LogP contribution is 2.18. The minimum absolute atomic E-state index is 0.247. The third kappa shape index (κ3) is 1.83. The SMILES string of the molecule is COC(=O)Oc1ccc2[nH]c(=O)oc2c1. The number of aromatic nitrogens is 1. The van der Waals surface area contributed by atoms with Crippen molar-refractivity contribution < 1.29 is 18.7 Å². The Morgan fingerprint density at radius 3 is 3.00 bits per heavy atom. The summed E-state index contributed by atoms with van der Waals surface area (Å²) in [7, 11) is 1.21. The monoisotopic (exact) mass is 209 g/mol. The Labute approximate surface area is 83.4 Å². The maximum atomic E-state index is 10.8. The van der Waals surface area contributed by atoms with Gasteiger partial charge in [0.25, 0.3) is 0 Å². The van der Waals surface area contributed by atoms with E-state index in [0.717, 1.165) is 0 Å². The average molecular weight is 209 g/mol. The van der Waals surface area contributed by atoms with E-state index in [0.29, 0.717) is 11.1 Å². The zero-order valence-electron chi connectivity index (χ0n) is 7.77. The fraction of sp³-hybridized carbons (Fsp3) is 0.111. The molecule has 0 atom stereocenters. The standard InChI is InChI=1S/C9H7NO5/c1-13-9(12)14-5-2-3-6-7(4-5)15-8(11)10-6/h2-4H,1H3,(H,10,11). The van der Waals surface area contributed by atoms with Crippen LogP contribution in [0.15, 0.2) is 27.4 Å². The van der Waals surface area contributed by atoms with Crippen LogP contribution >= 0.6 is 0 Å². The van der Waals surface area contributed by atoms with Crippen LogP contribution < -0.4 is 10.5 Å². The molecule has 2 rings (SSSR count). The number of methoxy groups -OCH3 is 1. The van der Waals surface area contributed by atoms with Crippen LogP contribution in [0.2, 0.25) is 0 Å². The summed E-state index contributed by atoms with van der Waals surface area (Å²) >= 11 is 0. The number of rotatable bonds is 1. The summed E-state index contributed by atoms with van der Waals surface area (Å²) in [5.74, 6) is -0.308. The van der Waals surface area contributed by atoms with E-state index in [-0.39, 0.29) is 5.75 Å². The number of aromatic amines is 1. The van der Waals surface area contributed by atoms with Gasteiger partial charge in [-0.05, 0) is 12.1 Å². The molecular formula is C9H7NO5. The molecule has 1 N–H and O–H groups in total. The van der Waals surface area contributed by atoms with Gasteiger partial charge in [-0.1, -0.05) is 0 Å². The molecule has 0 saturated heterocycles. The highest BCUT2D eigenvalue weighted by atomic mass is 16.7. The van der Waals surface area contributed by atoms with E-state index in [9.17, 15) is 9.59 Å². The van der Waals surface area contributed by atoms with Gasteiger partial charge >= 0.3 is 11.9 Å². The van der Waals surface area contributed by atoms with Gasteiger partial charge in [-0.2, -0.15) is 0 Å². The molecule has 0 spiro atoms. The lowest BCUT2D eigenvalue weighted by atomic mass is 10.3. The summed E-state index contributed by atoms with van der Waals surface area (Å²) in [5.41, 5.74) is 0.860. The van der Waals surface area contributed by atoms with E-state index in [4.69, 9.17) is 9.15 Å². The molecule has 6 nitrogen and oxygen atoms in total. The summed E-state index contributed by atoms with van der Waals surface area (Å²) in [6.07, 6.45) is -0.827. The number of benzene rings is 1. The van der Waals surface area contributed by atoms with Crippen LogP contribution in [0.5, 0.6) is 5.75 Å². The molecule has 78 valence electrons. The van der Waals surface area contributed by atoms with Crippen LogP contribution in [-0.2, 0) is 4.74 Å². The molecule has 0 aliphatic heterocycles. The third-order valence-electron chi connectivity index (χ3n) is 1.76. The number of hydrogen-bond donors (Lipinski definition) is 1. The largest absolute Gasteiger partial charge is 0.513 e. The van der Waals surface area contributed by atoms with Crippen molar-refractivity contribution in [3.8, 4) is 5.75 Å². The first-order chi connectivity index (χ1) is 7.19. The summed E-state index contributed by atoms with van der Waals surface area (Å²) in [6, 6.07) is 4.51. The van der Waals surface area contributed by atoms with Crippen molar-refractivity contribution in [2.75, 3.05) is 7.11 Å². The molecule has 0 bridgehead atoms. The first kappa shape index (κ1) is 9.32. The van der Waals surface area contributed by atoms with E-state index in [1.54, 1.807) is 6.07 Å². The van der Waals surface area contributed by atoms with Crippen LogP contribution in [0, 0.1) is 0 Å². The van der Waals surface area contributed by atoms with Crippen molar-refractivity contribution in [1.29, 1.82) is 0 Å².